The Morgan fingerprint density at radius 2 is 1.85 bits per heavy atom. The van der Waals surface area contributed by atoms with Crippen molar-refractivity contribution in [2.75, 3.05) is 18.9 Å². The van der Waals surface area contributed by atoms with Crippen LogP contribution < -0.4 is 10.5 Å². The van der Waals surface area contributed by atoms with E-state index in [-0.39, 0.29) is 29.7 Å². The fourth-order valence-corrected chi connectivity index (χ4v) is 5.07. The maximum absolute atomic E-state index is 10.1. The molecule has 0 saturated carbocycles. The van der Waals surface area contributed by atoms with Crippen molar-refractivity contribution in [2.45, 2.75) is 36.5 Å². The van der Waals surface area contributed by atoms with Gasteiger partial charge in [-0.3, -0.25) is 0 Å². The van der Waals surface area contributed by atoms with Crippen LogP contribution in [0, 0.1) is 22.7 Å². The van der Waals surface area contributed by atoms with E-state index < -0.39 is 5.79 Å². The van der Waals surface area contributed by atoms with Gasteiger partial charge in [0, 0.05) is 39.7 Å². The first kappa shape index (κ1) is 27.4. The summed E-state index contributed by atoms with van der Waals surface area (Å²) in [6.45, 7) is 4.39. The van der Waals surface area contributed by atoms with E-state index in [1.165, 1.54) is 18.0 Å². The van der Waals surface area contributed by atoms with E-state index in [0.717, 1.165) is 5.56 Å². The number of nitriles is 2. The lowest BCUT2D eigenvalue weighted by molar-refractivity contribution is -0.141. The van der Waals surface area contributed by atoms with Gasteiger partial charge in [0.25, 0.3) is 0 Å². The number of rotatable bonds is 8. The van der Waals surface area contributed by atoms with Crippen LogP contribution in [0.5, 0.6) is 5.88 Å². The molecule has 1 aliphatic heterocycles. The van der Waals surface area contributed by atoms with Gasteiger partial charge in [0.05, 0.1) is 17.9 Å². The van der Waals surface area contributed by atoms with Gasteiger partial charge in [-0.1, -0.05) is 23.4 Å². The first-order valence-electron chi connectivity index (χ1n) is 12.1. The average molecular weight is 575 g/mol. The van der Waals surface area contributed by atoms with Gasteiger partial charge in [0.15, 0.2) is 5.79 Å². The number of nitrogens with two attached hydrogens (primary N) is 1. The van der Waals surface area contributed by atoms with Crippen molar-refractivity contribution in [1.82, 2.24) is 15.0 Å². The minimum Gasteiger partial charge on any atom is -0.475 e. The molecule has 5 rings (SSSR count). The van der Waals surface area contributed by atoms with Gasteiger partial charge in [-0.15, -0.1) is 0 Å². The number of anilines is 1. The summed E-state index contributed by atoms with van der Waals surface area (Å²) in [5.41, 5.74) is 8.79. The highest BCUT2D eigenvalue weighted by atomic mass is 35.5. The molecule has 1 aromatic carbocycles. The Kier molecular flexibility index (Phi) is 7.92. The number of oxazole rings is 1. The molecule has 10 nitrogen and oxygen atoms in total. The van der Waals surface area contributed by atoms with Crippen LogP contribution in [0.15, 0.2) is 58.3 Å². The number of thioether (sulfide) groups is 1. The van der Waals surface area contributed by atoms with Crippen molar-refractivity contribution in [3.8, 4) is 40.6 Å². The molecule has 0 aliphatic carbocycles. The van der Waals surface area contributed by atoms with E-state index in [1.54, 1.807) is 30.5 Å². The maximum atomic E-state index is 10.1. The zero-order chi connectivity index (χ0) is 28.3. The number of benzene rings is 1. The molecule has 1 fully saturated rings. The summed E-state index contributed by atoms with van der Waals surface area (Å²) in [5.74, 6) is 0.551. The van der Waals surface area contributed by atoms with Gasteiger partial charge >= 0.3 is 0 Å². The van der Waals surface area contributed by atoms with Crippen molar-refractivity contribution >= 4 is 29.2 Å². The Morgan fingerprint density at radius 3 is 2.50 bits per heavy atom. The van der Waals surface area contributed by atoms with Gasteiger partial charge in [-0.05, 0) is 44.2 Å². The molecule has 4 aromatic rings. The van der Waals surface area contributed by atoms with Crippen LogP contribution in [0.3, 0.4) is 0 Å². The van der Waals surface area contributed by atoms with Crippen molar-refractivity contribution < 1.29 is 18.6 Å². The van der Waals surface area contributed by atoms with Crippen LogP contribution in [0.4, 0.5) is 5.82 Å². The summed E-state index contributed by atoms with van der Waals surface area (Å²) in [4.78, 5) is 13.2. The van der Waals surface area contributed by atoms with E-state index >= 15 is 0 Å². The number of hydrogen-bond acceptors (Lipinski definition) is 11. The molecule has 0 radical (unpaired) electrons. The molecular formula is C28H23ClN6O4S. The van der Waals surface area contributed by atoms with Crippen molar-refractivity contribution in [2.24, 2.45) is 0 Å². The number of hydrogen-bond donors (Lipinski definition) is 1. The summed E-state index contributed by atoms with van der Waals surface area (Å²) in [7, 11) is 0. The van der Waals surface area contributed by atoms with Gasteiger partial charge < -0.3 is 24.4 Å². The average Bonchev–Trinajstić information content (AvgIpc) is 3.56. The molecule has 40 heavy (non-hydrogen) atoms. The molecular weight excluding hydrogens is 552 g/mol. The smallest absolute Gasteiger partial charge is 0.226 e. The van der Waals surface area contributed by atoms with Crippen LogP contribution in [-0.2, 0) is 15.2 Å². The predicted octanol–water partition coefficient (Wildman–Crippen LogP) is 5.60. The zero-order valence-electron chi connectivity index (χ0n) is 21.6. The van der Waals surface area contributed by atoms with E-state index in [4.69, 9.17) is 36.0 Å². The number of aromatic nitrogens is 3. The quantitative estimate of drug-likeness (QED) is 0.261. The number of nitrogen functional groups attached to an aromatic ring is 1. The topological polar surface area (TPSA) is 153 Å². The summed E-state index contributed by atoms with van der Waals surface area (Å²) >= 11 is 7.23. The first-order valence-corrected chi connectivity index (χ1v) is 13.5. The van der Waals surface area contributed by atoms with E-state index in [2.05, 4.69) is 27.1 Å². The number of halogens is 1. The van der Waals surface area contributed by atoms with Crippen LogP contribution in [0.25, 0.3) is 22.6 Å². The zero-order valence-corrected chi connectivity index (χ0v) is 23.1. The van der Waals surface area contributed by atoms with Crippen LogP contribution in [-0.4, -0.2) is 40.1 Å². The fraction of sp³-hybridized carbons (Fsp3) is 0.250. The number of ether oxygens (including phenoxy) is 3. The molecule has 0 amide bonds. The van der Waals surface area contributed by atoms with Crippen molar-refractivity contribution in [3.05, 3.63) is 70.7 Å². The summed E-state index contributed by atoms with van der Waals surface area (Å²) in [6.07, 6.45) is 2.87. The summed E-state index contributed by atoms with van der Waals surface area (Å²) in [5, 5.41) is 20.9. The Morgan fingerprint density at radius 1 is 1.10 bits per heavy atom. The van der Waals surface area contributed by atoms with E-state index in [9.17, 15) is 10.5 Å². The molecule has 1 aliphatic rings. The number of pyridine rings is 2. The molecule has 1 saturated heterocycles. The van der Waals surface area contributed by atoms with E-state index in [1.807, 2.05) is 26.0 Å². The normalized spacial score (nSPS) is 15.9. The Bertz CT molecular complexity index is 1610. The Hall–Kier alpha value is -4.13. The van der Waals surface area contributed by atoms with E-state index in [0.29, 0.717) is 51.0 Å². The standard InChI is InChI=1S/C28H23ClN6O4S/c1-28(2)38-14-20(39-28)13-36-23-8-5-17(11-33-23)24-21(9-30)25(32)35-27(22(24)10-31)40-15-19-12-37-26(34-19)16-3-6-18(29)7-4-16/h3-8,11-12,20H,13-15H2,1-2H3,(H2,32,35)/t20-/m0/s1. The lowest BCUT2D eigenvalue weighted by Gasteiger charge is -2.17. The molecule has 4 heterocycles. The lowest BCUT2D eigenvalue weighted by Crippen LogP contribution is -2.25. The van der Waals surface area contributed by atoms with Crippen molar-refractivity contribution in [3.63, 3.8) is 0 Å². The predicted molar refractivity (Wildman–Crippen MR) is 148 cm³/mol. The monoisotopic (exact) mass is 574 g/mol. The molecule has 2 N–H and O–H groups in total. The minimum absolute atomic E-state index is 0.0160. The molecule has 1 atom stereocenters. The molecule has 0 bridgehead atoms. The lowest BCUT2D eigenvalue weighted by atomic mass is 9.98. The fourth-order valence-electron chi connectivity index (χ4n) is 4.07. The molecule has 3 aromatic heterocycles. The van der Waals surface area contributed by atoms with Crippen LogP contribution in [0.2, 0.25) is 5.02 Å². The highest BCUT2D eigenvalue weighted by Gasteiger charge is 2.33. The van der Waals surface area contributed by atoms with Gasteiger partial charge in [0.2, 0.25) is 11.8 Å². The van der Waals surface area contributed by atoms with Gasteiger partial charge in [-0.25, -0.2) is 15.0 Å². The largest absolute Gasteiger partial charge is 0.475 e. The second kappa shape index (κ2) is 11.5. The number of nitrogens with zero attached hydrogens (tertiary/aromatic N) is 5. The van der Waals surface area contributed by atoms with Gasteiger partial charge in [-0.2, -0.15) is 10.5 Å². The van der Waals surface area contributed by atoms with Gasteiger partial charge in [0.1, 0.15) is 47.5 Å². The van der Waals surface area contributed by atoms with Crippen molar-refractivity contribution in [1.29, 1.82) is 10.5 Å². The third kappa shape index (κ3) is 6.03. The highest BCUT2D eigenvalue weighted by molar-refractivity contribution is 7.98. The molecule has 12 heteroatoms. The van der Waals surface area contributed by atoms with Crippen LogP contribution in [0.1, 0.15) is 30.7 Å². The van der Waals surface area contributed by atoms with Crippen LogP contribution >= 0.6 is 23.4 Å². The first-order chi connectivity index (χ1) is 19.3. The third-order valence-electron chi connectivity index (χ3n) is 5.92. The summed E-state index contributed by atoms with van der Waals surface area (Å²) < 4.78 is 22.7. The third-order valence-corrected chi connectivity index (χ3v) is 7.19. The molecule has 0 unspecified atom stereocenters. The summed E-state index contributed by atoms with van der Waals surface area (Å²) in [6, 6.07) is 14.8. The highest BCUT2D eigenvalue weighted by Crippen LogP contribution is 2.37. The second-order valence-electron chi connectivity index (χ2n) is 9.24. The molecule has 0 spiro atoms. The minimum atomic E-state index is -0.642. The second-order valence-corrected chi connectivity index (χ2v) is 10.6. The maximum Gasteiger partial charge on any atom is 0.226 e. The molecule has 202 valence electrons. The SMILES string of the molecule is CC1(C)OC[C@H](COc2ccc(-c3c(C#N)c(N)nc(SCc4coc(-c5ccc(Cl)cc5)n4)c3C#N)cn2)O1. The Balaban J connectivity index is 1.35. The Labute approximate surface area is 239 Å².